The molecular weight excluding hydrogens is 231 g/mol. The van der Waals surface area contributed by atoms with Crippen LogP contribution in [0.25, 0.3) is 0 Å². The summed E-state index contributed by atoms with van der Waals surface area (Å²) in [6.45, 7) is 3.00. The minimum atomic E-state index is -4.41. The second-order valence-electron chi connectivity index (χ2n) is 4.10. The van der Waals surface area contributed by atoms with Gasteiger partial charge in [0, 0.05) is 13.6 Å². The molecule has 0 spiro atoms. The fraction of sp³-hybridized carbons (Fsp3) is 0.545. The molecule has 0 aliphatic heterocycles. The average molecular weight is 247 g/mol. The monoisotopic (exact) mass is 247 g/mol. The van der Waals surface area contributed by atoms with Crippen molar-refractivity contribution in [2.24, 2.45) is 11.7 Å². The molecule has 6 heteroatoms. The number of hydrogen-bond acceptors (Lipinski definition) is 3. The van der Waals surface area contributed by atoms with Crippen molar-refractivity contribution in [3.63, 3.8) is 0 Å². The second-order valence-corrected chi connectivity index (χ2v) is 4.10. The number of aromatic nitrogens is 1. The molecule has 1 aromatic rings. The molecular formula is C11H16F3N3. The van der Waals surface area contributed by atoms with Crippen LogP contribution in [0.4, 0.5) is 19.0 Å². The van der Waals surface area contributed by atoms with E-state index in [4.69, 9.17) is 5.73 Å². The van der Waals surface area contributed by atoms with Crippen LogP contribution in [0, 0.1) is 5.92 Å². The summed E-state index contributed by atoms with van der Waals surface area (Å²) in [5, 5.41) is 0. The highest BCUT2D eigenvalue weighted by Crippen LogP contribution is 2.28. The number of anilines is 1. The number of halogens is 3. The van der Waals surface area contributed by atoms with Crippen LogP contribution in [0.1, 0.15) is 12.6 Å². The van der Waals surface area contributed by atoms with E-state index < -0.39 is 11.9 Å². The first-order valence-corrected chi connectivity index (χ1v) is 5.30. The van der Waals surface area contributed by atoms with E-state index in [0.29, 0.717) is 18.9 Å². The second kappa shape index (κ2) is 5.35. The summed E-state index contributed by atoms with van der Waals surface area (Å²) < 4.78 is 37.4. The van der Waals surface area contributed by atoms with Gasteiger partial charge in [-0.05, 0) is 24.6 Å². The van der Waals surface area contributed by atoms with Gasteiger partial charge in [-0.1, -0.05) is 13.0 Å². The Kier molecular flexibility index (Phi) is 4.34. The Hall–Kier alpha value is -1.30. The topological polar surface area (TPSA) is 42.1 Å². The van der Waals surface area contributed by atoms with Gasteiger partial charge in [0.25, 0.3) is 0 Å². The molecule has 3 nitrogen and oxygen atoms in total. The standard InChI is InChI=1S/C11H16F3N3/c1-8(6-15)7-17(2)10-5-3-4-9(16-10)11(12,13)14/h3-5,8H,6-7,15H2,1-2H3. The van der Waals surface area contributed by atoms with Gasteiger partial charge in [-0.2, -0.15) is 13.2 Å². The van der Waals surface area contributed by atoms with Gasteiger partial charge in [0.2, 0.25) is 0 Å². The molecule has 17 heavy (non-hydrogen) atoms. The first kappa shape index (κ1) is 13.8. The Morgan fingerprint density at radius 1 is 1.41 bits per heavy atom. The number of nitrogens with zero attached hydrogens (tertiary/aromatic N) is 2. The van der Waals surface area contributed by atoms with E-state index in [0.717, 1.165) is 6.07 Å². The van der Waals surface area contributed by atoms with Crippen molar-refractivity contribution < 1.29 is 13.2 Å². The van der Waals surface area contributed by atoms with Crippen molar-refractivity contribution in [3.8, 4) is 0 Å². The predicted octanol–water partition coefficient (Wildman–Crippen LogP) is 2.13. The highest BCUT2D eigenvalue weighted by molar-refractivity contribution is 5.38. The van der Waals surface area contributed by atoms with Gasteiger partial charge in [-0.15, -0.1) is 0 Å². The van der Waals surface area contributed by atoms with E-state index in [1.165, 1.54) is 6.07 Å². The Balaban J connectivity index is 2.84. The Labute approximate surface area is 98.4 Å². The van der Waals surface area contributed by atoms with E-state index in [-0.39, 0.29) is 5.92 Å². The van der Waals surface area contributed by atoms with Crippen LogP contribution in [-0.2, 0) is 6.18 Å². The average Bonchev–Trinajstić information content (AvgIpc) is 2.28. The lowest BCUT2D eigenvalue weighted by molar-refractivity contribution is -0.141. The van der Waals surface area contributed by atoms with Crippen LogP contribution in [0.5, 0.6) is 0 Å². The molecule has 1 aromatic heterocycles. The Morgan fingerprint density at radius 3 is 2.59 bits per heavy atom. The summed E-state index contributed by atoms with van der Waals surface area (Å²) in [5.41, 5.74) is 4.60. The largest absolute Gasteiger partial charge is 0.433 e. The molecule has 1 heterocycles. The van der Waals surface area contributed by atoms with Crippen molar-refractivity contribution in [2.45, 2.75) is 13.1 Å². The molecule has 0 fully saturated rings. The zero-order valence-corrected chi connectivity index (χ0v) is 9.83. The van der Waals surface area contributed by atoms with Gasteiger partial charge >= 0.3 is 6.18 Å². The van der Waals surface area contributed by atoms with E-state index in [1.54, 1.807) is 18.0 Å². The lowest BCUT2D eigenvalue weighted by Crippen LogP contribution is -2.29. The van der Waals surface area contributed by atoms with E-state index in [9.17, 15) is 13.2 Å². The van der Waals surface area contributed by atoms with Crippen molar-refractivity contribution in [2.75, 3.05) is 25.0 Å². The van der Waals surface area contributed by atoms with Crippen LogP contribution in [0.15, 0.2) is 18.2 Å². The quantitative estimate of drug-likeness (QED) is 0.886. The number of pyridine rings is 1. The summed E-state index contributed by atoms with van der Waals surface area (Å²) in [7, 11) is 1.70. The smallest absolute Gasteiger partial charge is 0.359 e. The zero-order valence-electron chi connectivity index (χ0n) is 9.83. The highest BCUT2D eigenvalue weighted by atomic mass is 19.4. The van der Waals surface area contributed by atoms with E-state index in [2.05, 4.69) is 4.98 Å². The van der Waals surface area contributed by atoms with Crippen molar-refractivity contribution in [1.82, 2.24) is 4.98 Å². The van der Waals surface area contributed by atoms with Gasteiger partial charge in [-0.25, -0.2) is 4.98 Å². The predicted molar refractivity (Wildman–Crippen MR) is 60.7 cm³/mol. The van der Waals surface area contributed by atoms with Crippen LogP contribution >= 0.6 is 0 Å². The third-order valence-corrected chi connectivity index (χ3v) is 2.40. The Bertz CT molecular complexity index is 365. The van der Waals surface area contributed by atoms with Crippen LogP contribution in [0.3, 0.4) is 0 Å². The van der Waals surface area contributed by atoms with Gasteiger partial charge in [0.15, 0.2) is 0 Å². The minimum Gasteiger partial charge on any atom is -0.359 e. The maximum Gasteiger partial charge on any atom is 0.433 e. The van der Waals surface area contributed by atoms with Crippen molar-refractivity contribution in [3.05, 3.63) is 23.9 Å². The third-order valence-electron chi connectivity index (χ3n) is 2.40. The van der Waals surface area contributed by atoms with E-state index in [1.807, 2.05) is 6.92 Å². The molecule has 2 N–H and O–H groups in total. The number of hydrogen-bond donors (Lipinski definition) is 1. The molecule has 0 aromatic carbocycles. The fourth-order valence-corrected chi connectivity index (χ4v) is 1.43. The van der Waals surface area contributed by atoms with Crippen LogP contribution in [0.2, 0.25) is 0 Å². The maximum absolute atomic E-state index is 12.5. The summed E-state index contributed by atoms with van der Waals surface area (Å²) >= 11 is 0. The minimum absolute atomic E-state index is 0.205. The molecule has 0 aliphatic rings. The fourth-order valence-electron chi connectivity index (χ4n) is 1.43. The molecule has 0 bridgehead atoms. The zero-order chi connectivity index (χ0) is 13.1. The summed E-state index contributed by atoms with van der Waals surface area (Å²) in [5.74, 6) is 0.511. The highest BCUT2D eigenvalue weighted by Gasteiger charge is 2.32. The van der Waals surface area contributed by atoms with Crippen molar-refractivity contribution in [1.29, 1.82) is 0 Å². The molecule has 0 saturated carbocycles. The first-order valence-electron chi connectivity index (χ1n) is 5.30. The van der Waals surface area contributed by atoms with Gasteiger partial charge < -0.3 is 10.6 Å². The van der Waals surface area contributed by atoms with Crippen LogP contribution < -0.4 is 10.6 Å². The van der Waals surface area contributed by atoms with E-state index >= 15 is 0 Å². The molecule has 0 saturated heterocycles. The lowest BCUT2D eigenvalue weighted by Gasteiger charge is -2.22. The number of alkyl halides is 3. The molecule has 96 valence electrons. The normalized spacial score (nSPS) is 13.5. The molecule has 0 radical (unpaired) electrons. The van der Waals surface area contributed by atoms with Gasteiger partial charge in [0.1, 0.15) is 11.5 Å². The van der Waals surface area contributed by atoms with Gasteiger partial charge in [0.05, 0.1) is 0 Å². The molecule has 0 aliphatic carbocycles. The molecule has 1 rings (SSSR count). The SMILES string of the molecule is CC(CN)CN(C)c1cccc(C(F)(F)F)n1. The lowest BCUT2D eigenvalue weighted by atomic mass is 10.2. The third kappa shape index (κ3) is 3.89. The Morgan fingerprint density at radius 2 is 2.06 bits per heavy atom. The first-order chi connectivity index (χ1) is 7.84. The maximum atomic E-state index is 12.5. The summed E-state index contributed by atoms with van der Waals surface area (Å²) in [6.07, 6.45) is -4.41. The number of rotatable bonds is 4. The molecule has 1 atom stereocenters. The van der Waals surface area contributed by atoms with Gasteiger partial charge in [-0.3, -0.25) is 0 Å². The summed E-state index contributed by atoms with van der Waals surface area (Å²) in [6, 6.07) is 3.87. The van der Waals surface area contributed by atoms with Crippen molar-refractivity contribution >= 4 is 5.82 Å². The summed E-state index contributed by atoms with van der Waals surface area (Å²) in [4.78, 5) is 5.26. The number of nitrogens with two attached hydrogens (primary N) is 1. The molecule has 1 unspecified atom stereocenters. The molecule has 0 amide bonds. The van der Waals surface area contributed by atoms with Crippen LogP contribution in [-0.4, -0.2) is 25.1 Å².